The molecule has 0 radical (unpaired) electrons. The molecule has 1 spiro atoms. The molecule has 2 rings (SSSR count). The van der Waals surface area contributed by atoms with Crippen molar-refractivity contribution in [3.05, 3.63) is 0 Å². The molecule has 0 bridgehead atoms. The van der Waals surface area contributed by atoms with Gasteiger partial charge in [-0.15, -0.1) is 0 Å². The molecule has 2 amide bonds. The first-order chi connectivity index (χ1) is 9.32. The first-order valence-corrected chi connectivity index (χ1v) is 8.14. The Hall–Kier alpha value is -0.960. The molecule has 1 heterocycles. The van der Waals surface area contributed by atoms with Crippen LogP contribution < -0.4 is 10.0 Å². The lowest BCUT2D eigenvalue weighted by molar-refractivity contribution is 0.200. The Morgan fingerprint density at radius 3 is 2.80 bits per heavy atom. The smallest absolute Gasteiger partial charge is 0.317 e. The highest BCUT2D eigenvalue weighted by Gasteiger charge is 2.59. The molecule has 9 heteroatoms. The number of hydrogen-bond acceptors (Lipinski definition) is 3. The van der Waals surface area contributed by atoms with Crippen molar-refractivity contribution in [2.45, 2.75) is 31.8 Å². The molecule has 0 aromatic carbocycles. The van der Waals surface area contributed by atoms with Gasteiger partial charge in [-0.1, -0.05) is 0 Å². The van der Waals surface area contributed by atoms with Crippen LogP contribution in [0.3, 0.4) is 0 Å². The van der Waals surface area contributed by atoms with E-state index >= 15 is 0 Å². The van der Waals surface area contributed by atoms with Crippen LogP contribution in [0, 0.1) is 5.41 Å². The van der Waals surface area contributed by atoms with Crippen LogP contribution >= 0.6 is 0 Å². The van der Waals surface area contributed by atoms with Crippen molar-refractivity contribution in [1.82, 2.24) is 14.9 Å². The zero-order chi connectivity index (χ0) is 15.0. The van der Waals surface area contributed by atoms with Gasteiger partial charge in [0.05, 0.1) is 6.04 Å². The normalized spacial score (nSPS) is 30.6. The fraction of sp³-hybridized carbons (Fsp3) is 0.909. The molecule has 2 aliphatic rings. The van der Waals surface area contributed by atoms with E-state index in [0.29, 0.717) is 25.9 Å². The number of rotatable bonds is 5. The SMILES string of the molecule is C[C@H](CF)NC(=O)N1CCC2(CC2NS(=O)(=O)CF)C1. The third-order valence-electron chi connectivity index (χ3n) is 3.93. The van der Waals surface area contributed by atoms with E-state index in [1.54, 1.807) is 11.8 Å². The van der Waals surface area contributed by atoms with Crippen molar-refractivity contribution in [2.75, 3.05) is 25.8 Å². The minimum absolute atomic E-state index is 0.279. The number of amides is 2. The molecular weight excluding hydrogens is 292 g/mol. The van der Waals surface area contributed by atoms with E-state index in [9.17, 15) is 22.0 Å². The highest BCUT2D eigenvalue weighted by molar-refractivity contribution is 7.89. The summed E-state index contributed by atoms with van der Waals surface area (Å²) in [6.45, 7) is 1.85. The maximum atomic E-state index is 12.3. The minimum atomic E-state index is -3.87. The van der Waals surface area contributed by atoms with E-state index in [1.165, 1.54) is 0 Å². The van der Waals surface area contributed by atoms with Gasteiger partial charge in [0, 0.05) is 24.5 Å². The van der Waals surface area contributed by atoms with Crippen LogP contribution in [0.1, 0.15) is 19.8 Å². The minimum Gasteiger partial charge on any atom is -0.333 e. The zero-order valence-electron chi connectivity index (χ0n) is 11.2. The Bertz CT molecular complexity index is 487. The molecule has 1 aliphatic carbocycles. The quantitative estimate of drug-likeness (QED) is 0.770. The predicted octanol–water partition coefficient (Wildman–Crippen LogP) is 0.365. The second-order valence-corrected chi connectivity index (χ2v) is 7.32. The van der Waals surface area contributed by atoms with Gasteiger partial charge in [-0.2, -0.15) is 0 Å². The van der Waals surface area contributed by atoms with Crippen molar-refractivity contribution in [3.8, 4) is 0 Å². The molecule has 1 saturated carbocycles. The molecule has 0 aromatic rings. The van der Waals surface area contributed by atoms with E-state index in [2.05, 4.69) is 10.0 Å². The second-order valence-electron chi connectivity index (χ2n) is 5.64. The molecule has 20 heavy (non-hydrogen) atoms. The van der Waals surface area contributed by atoms with E-state index in [-0.39, 0.29) is 17.5 Å². The molecule has 3 atom stereocenters. The first kappa shape index (κ1) is 15.4. The van der Waals surface area contributed by atoms with Crippen molar-refractivity contribution < 1.29 is 22.0 Å². The van der Waals surface area contributed by atoms with Crippen molar-refractivity contribution >= 4 is 16.1 Å². The molecule has 1 saturated heterocycles. The lowest BCUT2D eigenvalue weighted by Gasteiger charge is -2.19. The zero-order valence-corrected chi connectivity index (χ0v) is 12.0. The van der Waals surface area contributed by atoms with Crippen LogP contribution in [0.4, 0.5) is 13.6 Å². The number of likely N-dealkylation sites (tertiary alicyclic amines) is 1. The number of alkyl halides is 2. The third kappa shape index (κ3) is 3.20. The summed E-state index contributed by atoms with van der Waals surface area (Å²) in [6.07, 6.45) is 1.28. The maximum Gasteiger partial charge on any atom is 0.317 e. The Labute approximate surface area is 116 Å². The number of carbonyl (C=O) groups excluding carboxylic acids is 1. The standard InChI is InChI=1S/C11H19F2N3O3S/c1-8(5-12)14-10(17)16-3-2-11(6-16)4-9(11)15-20(18,19)7-13/h8-9,15H,2-7H2,1H3,(H,14,17)/t8-,9?,11?/m1/s1. The fourth-order valence-corrected chi connectivity index (χ4v) is 3.45. The van der Waals surface area contributed by atoms with Gasteiger partial charge in [0.25, 0.3) is 0 Å². The number of hydrogen-bond donors (Lipinski definition) is 2. The third-order valence-corrected chi connectivity index (χ3v) is 4.86. The maximum absolute atomic E-state index is 12.3. The van der Waals surface area contributed by atoms with Gasteiger partial charge in [0.1, 0.15) is 6.67 Å². The van der Waals surface area contributed by atoms with Gasteiger partial charge < -0.3 is 10.2 Å². The summed E-state index contributed by atoms with van der Waals surface area (Å²) < 4.78 is 49.2. The van der Waals surface area contributed by atoms with E-state index < -0.39 is 28.7 Å². The van der Waals surface area contributed by atoms with Crippen molar-refractivity contribution in [3.63, 3.8) is 0 Å². The summed E-state index contributed by atoms with van der Waals surface area (Å²) in [5, 5.41) is 2.52. The molecule has 116 valence electrons. The van der Waals surface area contributed by atoms with E-state index in [0.717, 1.165) is 0 Å². The van der Waals surface area contributed by atoms with Gasteiger partial charge in [0.2, 0.25) is 16.0 Å². The summed E-state index contributed by atoms with van der Waals surface area (Å²) in [5.41, 5.74) is -0.279. The topological polar surface area (TPSA) is 78.5 Å². The van der Waals surface area contributed by atoms with Gasteiger partial charge in [0.15, 0.2) is 0 Å². The van der Waals surface area contributed by atoms with Crippen molar-refractivity contribution in [2.24, 2.45) is 5.41 Å². The Balaban J connectivity index is 1.86. The van der Waals surface area contributed by atoms with Crippen LogP contribution in [-0.4, -0.2) is 57.2 Å². The van der Waals surface area contributed by atoms with E-state index in [4.69, 9.17) is 0 Å². The van der Waals surface area contributed by atoms with Gasteiger partial charge >= 0.3 is 6.03 Å². The second kappa shape index (κ2) is 5.44. The Morgan fingerprint density at radius 1 is 1.50 bits per heavy atom. The van der Waals surface area contributed by atoms with Gasteiger partial charge in [-0.05, 0) is 19.8 Å². The Kier molecular flexibility index (Phi) is 4.19. The van der Waals surface area contributed by atoms with Crippen LogP contribution in [0.5, 0.6) is 0 Å². The van der Waals surface area contributed by atoms with Crippen LogP contribution in [-0.2, 0) is 10.0 Å². The van der Waals surface area contributed by atoms with Crippen LogP contribution in [0.2, 0.25) is 0 Å². The Morgan fingerprint density at radius 2 is 2.20 bits per heavy atom. The average molecular weight is 311 g/mol. The van der Waals surface area contributed by atoms with Gasteiger partial charge in [-0.25, -0.2) is 26.7 Å². The molecule has 2 N–H and O–H groups in total. The first-order valence-electron chi connectivity index (χ1n) is 6.49. The van der Waals surface area contributed by atoms with Crippen molar-refractivity contribution in [1.29, 1.82) is 0 Å². The average Bonchev–Trinajstić information content (AvgIpc) is 2.85. The highest BCUT2D eigenvalue weighted by atomic mass is 32.2. The molecule has 2 fully saturated rings. The van der Waals surface area contributed by atoms with E-state index in [1.807, 2.05) is 0 Å². The van der Waals surface area contributed by atoms with Crippen LogP contribution in [0.15, 0.2) is 0 Å². The molecule has 0 aromatic heterocycles. The van der Waals surface area contributed by atoms with Crippen LogP contribution in [0.25, 0.3) is 0 Å². The lowest BCUT2D eigenvalue weighted by atomic mass is 10.1. The largest absolute Gasteiger partial charge is 0.333 e. The fourth-order valence-electron chi connectivity index (χ4n) is 2.62. The summed E-state index contributed by atoms with van der Waals surface area (Å²) >= 11 is 0. The summed E-state index contributed by atoms with van der Waals surface area (Å²) in [5.74, 6) is 0. The summed E-state index contributed by atoms with van der Waals surface area (Å²) in [6, 6.07) is -2.62. The number of nitrogens with one attached hydrogen (secondary N) is 2. The monoisotopic (exact) mass is 311 g/mol. The number of nitrogens with zero attached hydrogens (tertiary/aromatic N) is 1. The summed E-state index contributed by atoms with van der Waals surface area (Å²) in [7, 11) is -3.87. The lowest BCUT2D eigenvalue weighted by Crippen LogP contribution is -2.44. The number of urea groups is 1. The number of carbonyl (C=O) groups is 1. The number of sulfonamides is 1. The molecule has 2 unspecified atom stereocenters. The molecule has 6 nitrogen and oxygen atoms in total. The molecular formula is C11H19F2N3O3S. The van der Waals surface area contributed by atoms with Gasteiger partial charge in [-0.3, -0.25) is 0 Å². The predicted molar refractivity (Wildman–Crippen MR) is 69.0 cm³/mol. The molecule has 1 aliphatic heterocycles. The number of halogens is 2. The summed E-state index contributed by atoms with van der Waals surface area (Å²) in [4.78, 5) is 13.4. The highest BCUT2D eigenvalue weighted by Crippen LogP contribution is 2.53.